The largest absolute Gasteiger partial charge is 0.456 e. The van der Waals surface area contributed by atoms with Crippen molar-refractivity contribution in [2.75, 3.05) is 6.61 Å². The van der Waals surface area contributed by atoms with Crippen molar-refractivity contribution in [3.8, 4) is 0 Å². The summed E-state index contributed by atoms with van der Waals surface area (Å²) < 4.78 is 17.8. The van der Waals surface area contributed by atoms with E-state index in [4.69, 9.17) is 19.9 Å². The number of aliphatic hydroxyl groups excluding tert-OH is 1. The molecule has 1 aliphatic heterocycles. The molecule has 2 saturated carbocycles. The number of aliphatic hydroxyl groups is 2. The Morgan fingerprint density at radius 1 is 1.18 bits per heavy atom. The zero-order valence-corrected chi connectivity index (χ0v) is 24.2. The van der Waals surface area contributed by atoms with Gasteiger partial charge in [0, 0.05) is 42.1 Å². The van der Waals surface area contributed by atoms with Gasteiger partial charge in [0.05, 0.1) is 12.2 Å². The van der Waals surface area contributed by atoms with E-state index in [0.717, 1.165) is 5.57 Å². The van der Waals surface area contributed by atoms with Crippen LogP contribution in [0.2, 0.25) is 0 Å². The van der Waals surface area contributed by atoms with Crippen LogP contribution < -0.4 is 5.73 Å². The quantitative estimate of drug-likeness (QED) is 0.365. The van der Waals surface area contributed by atoms with Crippen LogP contribution >= 0.6 is 0 Å². The maximum absolute atomic E-state index is 14.6. The summed E-state index contributed by atoms with van der Waals surface area (Å²) in [5.74, 6) is -3.05. The third-order valence-corrected chi connectivity index (χ3v) is 10.9. The van der Waals surface area contributed by atoms with Crippen molar-refractivity contribution < 1.29 is 38.8 Å². The number of rotatable bonds is 4. The number of fused-ring (bicyclic) bond motifs is 5. The number of carbonyl (C=O) groups is 3. The van der Waals surface area contributed by atoms with E-state index >= 15 is 0 Å². The van der Waals surface area contributed by atoms with Crippen LogP contribution in [0.3, 0.4) is 0 Å². The summed E-state index contributed by atoms with van der Waals surface area (Å²) in [5.41, 5.74) is 2.92. The van der Waals surface area contributed by atoms with E-state index in [1.54, 1.807) is 0 Å². The molecular weight excluding hydrogens is 490 g/mol. The molecule has 4 N–H and O–H groups in total. The smallest absolute Gasteiger partial charge is 0.337 e. The molecule has 0 radical (unpaired) electrons. The Hall–Kier alpha value is -1.81. The zero-order chi connectivity index (χ0) is 28.7. The van der Waals surface area contributed by atoms with Gasteiger partial charge in [-0.3, -0.25) is 9.59 Å². The predicted molar refractivity (Wildman–Crippen MR) is 139 cm³/mol. The van der Waals surface area contributed by atoms with Gasteiger partial charge in [-0.05, 0) is 43.3 Å². The fourth-order valence-electron chi connectivity index (χ4n) is 8.72. The highest BCUT2D eigenvalue weighted by atomic mass is 16.6. The number of carbonyl (C=O) groups excluding carboxylic acids is 3. The molecule has 4 rings (SSSR count). The van der Waals surface area contributed by atoms with Crippen molar-refractivity contribution in [3.63, 3.8) is 0 Å². The SMILES string of the molecule is CC(=O)O[C@@]12COC1C[C@H](C)[C@@]1(C)C(=O)[C@H](C)C3=C(C)C(OC(=O)C(O)C(C)N)CC(O)(C(C)C21)C3(C)C. The van der Waals surface area contributed by atoms with Gasteiger partial charge in [0.1, 0.15) is 18.0 Å². The number of Topliss-reactive ketones (excluding diaryl/α,β-unsaturated/α-hetero) is 1. The van der Waals surface area contributed by atoms with Crippen LogP contribution in [0.25, 0.3) is 0 Å². The monoisotopic (exact) mass is 535 g/mol. The number of esters is 2. The molecular formula is C29H45NO8. The molecule has 38 heavy (non-hydrogen) atoms. The fraction of sp³-hybridized carbons (Fsp3) is 0.828. The summed E-state index contributed by atoms with van der Waals surface area (Å²) in [4.78, 5) is 39.8. The van der Waals surface area contributed by atoms with Crippen molar-refractivity contribution in [3.05, 3.63) is 11.1 Å². The van der Waals surface area contributed by atoms with Crippen LogP contribution in [0.5, 0.6) is 0 Å². The highest BCUT2D eigenvalue weighted by Gasteiger charge is 2.74. The van der Waals surface area contributed by atoms with E-state index in [0.29, 0.717) is 12.0 Å². The van der Waals surface area contributed by atoms with Gasteiger partial charge in [-0.1, -0.05) is 41.5 Å². The molecule has 0 spiro atoms. The standard InChI is InChI=1S/C29H45NO8/c1-13-10-20-28(12-36-20,38-18(6)31)23-16(4)29(35)11-19(37-25(34)22(32)17(5)30)14(2)21(26(29,7)8)15(3)24(33)27(13,23)9/h13,15-17,19-20,22-23,32,35H,10-12,30H2,1-9H3/t13-,15+,16?,17?,19?,20?,22?,23?,27+,28-,29?/m0/s1. The molecule has 0 aromatic heterocycles. The van der Waals surface area contributed by atoms with Crippen LogP contribution in [0.1, 0.15) is 75.2 Å². The molecule has 214 valence electrons. The minimum atomic E-state index is -1.51. The Balaban J connectivity index is 1.93. The predicted octanol–water partition coefficient (Wildman–Crippen LogP) is 2.30. The van der Waals surface area contributed by atoms with Crippen molar-refractivity contribution in [2.45, 2.75) is 111 Å². The maximum Gasteiger partial charge on any atom is 0.337 e. The summed E-state index contributed by atoms with van der Waals surface area (Å²) >= 11 is 0. The molecule has 3 aliphatic carbocycles. The number of ether oxygens (including phenoxy) is 3. The molecule has 7 unspecified atom stereocenters. The molecule has 3 fully saturated rings. The molecule has 2 bridgehead atoms. The first kappa shape index (κ1) is 29.2. The average molecular weight is 536 g/mol. The second-order valence-electron chi connectivity index (χ2n) is 13.2. The summed E-state index contributed by atoms with van der Waals surface area (Å²) in [5, 5.41) is 23.0. The highest BCUT2D eigenvalue weighted by Crippen LogP contribution is 2.67. The van der Waals surface area contributed by atoms with E-state index in [1.807, 2.05) is 48.5 Å². The third-order valence-electron chi connectivity index (χ3n) is 10.9. The van der Waals surface area contributed by atoms with Crippen LogP contribution in [-0.4, -0.2) is 70.1 Å². The van der Waals surface area contributed by atoms with Gasteiger partial charge in [-0.15, -0.1) is 0 Å². The summed E-state index contributed by atoms with van der Waals surface area (Å²) in [6.45, 7) is 16.5. The van der Waals surface area contributed by atoms with E-state index < -0.39 is 70.0 Å². The Labute approximate surface area is 225 Å². The molecule has 1 saturated heterocycles. The lowest BCUT2D eigenvalue weighted by molar-refractivity contribution is -0.332. The van der Waals surface area contributed by atoms with Gasteiger partial charge in [0.25, 0.3) is 0 Å². The highest BCUT2D eigenvalue weighted by molar-refractivity contribution is 5.91. The van der Waals surface area contributed by atoms with Crippen molar-refractivity contribution in [2.24, 2.45) is 40.2 Å². The van der Waals surface area contributed by atoms with E-state index in [1.165, 1.54) is 13.8 Å². The molecule has 4 aliphatic rings. The Bertz CT molecular complexity index is 1070. The van der Waals surface area contributed by atoms with Gasteiger partial charge < -0.3 is 30.2 Å². The second kappa shape index (κ2) is 9.11. The first-order valence-corrected chi connectivity index (χ1v) is 13.8. The van der Waals surface area contributed by atoms with E-state index in [9.17, 15) is 24.6 Å². The molecule has 11 atom stereocenters. The van der Waals surface area contributed by atoms with Crippen molar-refractivity contribution in [1.29, 1.82) is 0 Å². The number of nitrogens with two attached hydrogens (primary N) is 1. The minimum absolute atomic E-state index is 0.0193. The van der Waals surface area contributed by atoms with Crippen molar-refractivity contribution >= 4 is 17.7 Å². The summed E-state index contributed by atoms with van der Waals surface area (Å²) in [7, 11) is 0. The Morgan fingerprint density at radius 3 is 2.29 bits per heavy atom. The first-order valence-electron chi connectivity index (χ1n) is 13.8. The van der Waals surface area contributed by atoms with Crippen LogP contribution in [-0.2, 0) is 28.6 Å². The Kier molecular flexibility index (Phi) is 7.00. The van der Waals surface area contributed by atoms with Gasteiger partial charge in [0.15, 0.2) is 11.7 Å². The van der Waals surface area contributed by atoms with Crippen molar-refractivity contribution in [1.82, 2.24) is 0 Å². The Morgan fingerprint density at radius 2 is 1.79 bits per heavy atom. The third kappa shape index (κ3) is 3.68. The second-order valence-corrected chi connectivity index (χ2v) is 13.2. The fourth-order valence-corrected chi connectivity index (χ4v) is 8.72. The zero-order valence-electron chi connectivity index (χ0n) is 24.2. The first-order chi connectivity index (χ1) is 17.4. The van der Waals surface area contributed by atoms with Crippen LogP contribution in [0.15, 0.2) is 11.1 Å². The lowest BCUT2D eigenvalue weighted by Crippen LogP contribution is -2.78. The van der Waals surface area contributed by atoms with Gasteiger partial charge in [-0.2, -0.15) is 0 Å². The molecule has 0 amide bonds. The average Bonchev–Trinajstić information content (AvgIpc) is 2.81. The van der Waals surface area contributed by atoms with Gasteiger partial charge >= 0.3 is 11.9 Å². The normalized spacial score (nSPS) is 45.4. The lowest BCUT2D eigenvalue weighted by atomic mass is 9.40. The summed E-state index contributed by atoms with van der Waals surface area (Å²) in [6, 6.07) is -0.827. The number of hydrogen-bond donors (Lipinski definition) is 3. The molecule has 9 heteroatoms. The van der Waals surface area contributed by atoms with Gasteiger partial charge in [-0.25, -0.2) is 4.79 Å². The van der Waals surface area contributed by atoms with Crippen LogP contribution in [0.4, 0.5) is 0 Å². The molecule has 9 nitrogen and oxygen atoms in total. The minimum Gasteiger partial charge on any atom is -0.456 e. The van der Waals surface area contributed by atoms with E-state index in [2.05, 4.69) is 0 Å². The number of ketones is 1. The molecule has 1 heterocycles. The lowest BCUT2D eigenvalue weighted by Gasteiger charge is -2.68. The molecule has 0 aromatic carbocycles. The van der Waals surface area contributed by atoms with E-state index in [-0.39, 0.29) is 30.8 Å². The maximum atomic E-state index is 14.6. The topological polar surface area (TPSA) is 145 Å². The summed E-state index contributed by atoms with van der Waals surface area (Å²) in [6.07, 6.45) is -2.10. The van der Waals surface area contributed by atoms with Gasteiger partial charge in [0.2, 0.25) is 0 Å². The van der Waals surface area contributed by atoms with Crippen LogP contribution in [0, 0.1) is 34.5 Å². The number of hydrogen-bond acceptors (Lipinski definition) is 9. The molecule has 0 aromatic rings.